The van der Waals surface area contributed by atoms with E-state index in [1.165, 1.54) is 0 Å². The first-order valence-electron chi connectivity index (χ1n) is 30.2. The number of para-hydroxylation sites is 3. The van der Waals surface area contributed by atoms with Crippen molar-refractivity contribution in [3.8, 4) is 5.75 Å². The summed E-state index contributed by atoms with van der Waals surface area (Å²) in [6.07, 6.45) is 6.53. The van der Waals surface area contributed by atoms with Crippen molar-refractivity contribution < 1.29 is 57.1 Å². The zero-order valence-electron chi connectivity index (χ0n) is 51.0. The van der Waals surface area contributed by atoms with Gasteiger partial charge in [-0.05, 0) is 121 Å². The Kier molecular flexibility index (Phi) is 21.3. The first kappa shape index (κ1) is 62.6. The Hall–Kier alpha value is -6.96. The standard InChI is InChI=1S/C34H45N3O6.C33H43N3O6/c1-34(2,3)43-33(39)36-21-28(24-41-23-25-11-6-5-7-12-25)42-31(22-36)32(38)37(27-15-16-27)20-26-19-35(17-10-18-40-4)30-14-9-8-13-29(26)30;1-33(2,3)42-32(38)35-21-27(23-40-26-11-6-5-7-12-26)41-30(22-35)31(37)36(25-15-16-25)20-24-19-34(17-10-18-39-4)29-14-9-8-13-28(24)29/h5-9,11-14,19,27-28,31H,10,15-18,20-24H2,1-4H3;5-9,11-14,19,25,27,30H,10,15-18,20-23H2,1-4H3/t28-,31?;27-,30?/m00/s1. The van der Waals surface area contributed by atoms with Gasteiger partial charge in [0.2, 0.25) is 0 Å². The third-order valence-corrected chi connectivity index (χ3v) is 15.2. The first-order chi connectivity index (χ1) is 40.9. The van der Waals surface area contributed by atoms with E-state index in [4.69, 9.17) is 37.9 Å². The van der Waals surface area contributed by atoms with Crippen LogP contribution in [0.25, 0.3) is 21.8 Å². The number of carbonyl (C=O) groups is 4. The predicted molar refractivity (Wildman–Crippen MR) is 325 cm³/mol. The summed E-state index contributed by atoms with van der Waals surface area (Å²) < 4.78 is 51.1. The number of morpholine rings is 2. The van der Waals surface area contributed by atoms with Gasteiger partial charge in [-0.2, -0.15) is 0 Å². The third kappa shape index (κ3) is 17.8. The molecule has 4 aliphatic rings. The molecule has 4 atom stereocenters. The zero-order chi connectivity index (χ0) is 60.1. The number of aryl methyl sites for hydroxylation is 2. The predicted octanol–water partition coefficient (Wildman–Crippen LogP) is 10.6. The van der Waals surface area contributed by atoms with Crippen LogP contribution in [0, 0.1) is 0 Å². The van der Waals surface area contributed by atoms with E-state index in [-0.39, 0.29) is 56.7 Å². The van der Waals surface area contributed by atoms with Gasteiger partial charge in [-0.1, -0.05) is 84.9 Å². The minimum Gasteiger partial charge on any atom is -0.491 e. The van der Waals surface area contributed by atoms with Crippen LogP contribution >= 0.6 is 0 Å². The molecular formula is C67H88N6O12. The number of carbonyl (C=O) groups excluding carboxylic acids is 4. The Balaban J connectivity index is 0.000000204. The monoisotopic (exact) mass is 1170 g/mol. The number of fused-ring (bicyclic) bond motifs is 2. The summed E-state index contributed by atoms with van der Waals surface area (Å²) in [5.41, 5.74) is 4.26. The molecule has 0 radical (unpaired) electrons. The van der Waals surface area contributed by atoms with Crippen LogP contribution in [0.1, 0.15) is 96.8 Å². The lowest BCUT2D eigenvalue weighted by Crippen LogP contribution is -2.57. The van der Waals surface area contributed by atoms with Gasteiger partial charge in [0.25, 0.3) is 11.8 Å². The SMILES string of the molecule is COCCCn1cc(CN(C(=O)C2CN(C(=O)OC(C)(C)C)C[C@@H](COCc3ccccc3)O2)C2CC2)c2ccccc21.COCCCn1cc(CN(C(=O)C2CN(C(=O)OC(C)(C)C)C[C@@H](COc3ccccc3)O2)C2CC2)c2ccccc21. The lowest BCUT2D eigenvalue weighted by Gasteiger charge is -2.39. The van der Waals surface area contributed by atoms with Crippen molar-refractivity contribution in [1.29, 1.82) is 0 Å². The molecule has 4 heterocycles. The van der Waals surface area contributed by atoms with Gasteiger partial charge in [0.05, 0.1) is 45.5 Å². The van der Waals surface area contributed by atoms with Crippen molar-refractivity contribution in [2.75, 3.05) is 66.8 Å². The Labute approximate surface area is 501 Å². The molecule has 2 aliphatic heterocycles. The lowest BCUT2D eigenvalue weighted by molar-refractivity contribution is -0.163. The maximum Gasteiger partial charge on any atom is 0.410 e. The van der Waals surface area contributed by atoms with Crippen LogP contribution < -0.4 is 4.74 Å². The summed E-state index contributed by atoms with van der Waals surface area (Å²) in [6, 6.07) is 36.4. The average molecular weight is 1170 g/mol. The fraction of sp³-hybridized carbons (Fsp3) is 0.522. The molecule has 0 N–H and O–H groups in total. The van der Waals surface area contributed by atoms with E-state index >= 15 is 0 Å². The van der Waals surface area contributed by atoms with Crippen molar-refractivity contribution in [3.63, 3.8) is 0 Å². The van der Waals surface area contributed by atoms with Crippen LogP contribution in [0.5, 0.6) is 5.75 Å². The number of benzene rings is 4. The highest BCUT2D eigenvalue weighted by Crippen LogP contribution is 2.35. The first-order valence-corrected chi connectivity index (χ1v) is 30.2. The molecule has 4 fully saturated rings. The smallest absolute Gasteiger partial charge is 0.410 e. The average Bonchev–Trinajstić information content (AvgIpc) is 2.81. The van der Waals surface area contributed by atoms with Crippen LogP contribution in [0.15, 0.2) is 122 Å². The van der Waals surface area contributed by atoms with Crippen LogP contribution in [0.2, 0.25) is 0 Å². The fourth-order valence-corrected chi connectivity index (χ4v) is 11.0. The lowest BCUT2D eigenvalue weighted by atomic mass is 10.1. The molecule has 4 amide bonds. The van der Waals surface area contributed by atoms with Crippen molar-refractivity contribution in [2.24, 2.45) is 0 Å². The summed E-state index contributed by atoms with van der Waals surface area (Å²) in [5, 5.41) is 2.29. The molecule has 18 heteroatoms. The Morgan fingerprint density at radius 2 is 0.965 bits per heavy atom. The molecule has 458 valence electrons. The van der Waals surface area contributed by atoms with E-state index in [2.05, 4.69) is 45.8 Å². The molecule has 2 saturated heterocycles. The van der Waals surface area contributed by atoms with Crippen LogP contribution in [-0.4, -0.2) is 167 Å². The summed E-state index contributed by atoms with van der Waals surface area (Å²) in [7, 11) is 3.43. The van der Waals surface area contributed by atoms with Crippen molar-refractivity contribution in [1.82, 2.24) is 28.7 Å². The van der Waals surface area contributed by atoms with Gasteiger partial charge in [-0.15, -0.1) is 0 Å². The quantitative estimate of drug-likeness (QED) is 0.0559. The van der Waals surface area contributed by atoms with Gasteiger partial charge in [0.15, 0.2) is 12.2 Å². The van der Waals surface area contributed by atoms with Gasteiger partial charge >= 0.3 is 12.2 Å². The maximum atomic E-state index is 14.2. The maximum absolute atomic E-state index is 14.2. The molecule has 85 heavy (non-hydrogen) atoms. The largest absolute Gasteiger partial charge is 0.491 e. The summed E-state index contributed by atoms with van der Waals surface area (Å²) in [4.78, 5) is 61.7. The number of nitrogens with zero attached hydrogens (tertiary/aromatic N) is 6. The summed E-state index contributed by atoms with van der Waals surface area (Å²) in [6.45, 7) is 16.8. The number of aromatic nitrogens is 2. The number of hydrogen-bond acceptors (Lipinski definition) is 12. The van der Waals surface area contributed by atoms with Crippen molar-refractivity contribution >= 4 is 45.8 Å². The van der Waals surface area contributed by atoms with Crippen molar-refractivity contribution in [3.05, 3.63) is 138 Å². The Bertz CT molecular complexity index is 3130. The number of amides is 4. The van der Waals surface area contributed by atoms with E-state index in [9.17, 15) is 19.2 Å². The van der Waals surface area contributed by atoms with E-state index in [1.807, 2.05) is 136 Å². The normalized spacial score (nSPS) is 19.1. The molecule has 2 aromatic heterocycles. The third-order valence-electron chi connectivity index (χ3n) is 15.2. The molecule has 0 spiro atoms. The second-order valence-corrected chi connectivity index (χ2v) is 24.7. The topological polar surface area (TPSA) is 165 Å². The van der Waals surface area contributed by atoms with E-state index in [0.29, 0.717) is 45.2 Å². The molecule has 6 aromatic rings. The molecule has 0 bridgehead atoms. The van der Waals surface area contributed by atoms with Gasteiger partial charge in [0, 0.05) is 99.9 Å². The van der Waals surface area contributed by atoms with Crippen LogP contribution in [0.4, 0.5) is 9.59 Å². The van der Waals surface area contributed by atoms with E-state index in [1.54, 1.807) is 24.0 Å². The summed E-state index contributed by atoms with van der Waals surface area (Å²) >= 11 is 0. The van der Waals surface area contributed by atoms with Gasteiger partial charge in [0.1, 0.15) is 29.7 Å². The van der Waals surface area contributed by atoms with Gasteiger partial charge in [-0.3, -0.25) is 9.59 Å². The summed E-state index contributed by atoms with van der Waals surface area (Å²) in [5.74, 6) is 0.506. The highest BCUT2D eigenvalue weighted by atomic mass is 16.6. The fourth-order valence-electron chi connectivity index (χ4n) is 11.0. The molecular weight excluding hydrogens is 1080 g/mol. The number of ether oxygens (including phenoxy) is 8. The molecule has 2 saturated carbocycles. The second-order valence-electron chi connectivity index (χ2n) is 24.7. The van der Waals surface area contributed by atoms with Crippen molar-refractivity contribution in [2.45, 2.75) is 161 Å². The van der Waals surface area contributed by atoms with E-state index in [0.717, 1.165) is 90.1 Å². The minimum atomic E-state index is -0.814. The highest BCUT2D eigenvalue weighted by Gasteiger charge is 2.44. The number of methoxy groups -OCH3 is 2. The minimum absolute atomic E-state index is 0.0972. The van der Waals surface area contributed by atoms with Gasteiger partial charge < -0.3 is 66.6 Å². The zero-order valence-corrected chi connectivity index (χ0v) is 51.0. The van der Waals surface area contributed by atoms with E-state index < -0.39 is 47.8 Å². The van der Waals surface area contributed by atoms with Gasteiger partial charge in [-0.25, -0.2) is 9.59 Å². The Morgan fingerprint density at radius 3 is 1.40 bits per heavy atom. The number of rotatable bonds is 23. The molecule has 2 unspecified atom stereocenters. The second kappa shape index (κ2) is 29.0. The number of hydrogen-bond donors (Lipinski definition) is 0. The van der Waals surface area contributed by atoms with Crippen LogP contribution in [-0.2, 0) is 75.5 Å². The molecule has 10 rings (SSSR count). The highest BCUT2D eigenvalue weighted by molar-refractivity contribution is 5.88. The molecule has 2 aliphatic carbocycles. The van der Waals surface area contributed by atoms with Crippen LogP contribution in [0.3, 0.4) is 0 Å². The molecule has 18 nitrogen and oxygen atoms in total. The molecule has 4 aromatic carbocycles. The Morgan fingerprint density at radius 1 is 0.541 bits per heavy atom.